The molecule has 6 heteroatoms. The van der Waals surface area contributed by atoms with Crippen LogP contribution in [-0.2, 0) is 0 Å². The largest absolute Gasteiger partial charge is 0.395 e. The molecule has 1 rings (SSSR count). The van der Waals surface area contributed by atoms with Crippen molar-refractivity contribution in [3.63, 3.8) is 0 Å². The Morgan fingerprint density at radius 3 is 2.86 bits per heavy atom. The summed E-state index contributed by atoms with van der Waals surface area (Å²) >= 11 is 5.68. The summed E-state index contributed by atoms with van der Waals surface area (Å²) in [5.41, 5.74) is 0.263. The van der Waals surface area contributed by atoms with Crippen LogP contribution in [-0.4, -0.2) is 23.2 Å². The lowest BCUT2D eigenvalue weighted by Gasteiger charge is -2.05. The molecule has 0 bridgehead atoms. The van der Waals surface area contributed by atoms with Crippen molar-refractivity contribution in [3.8, 4) is 0 Å². The summed E-state index contributed by atoms with van der Waals surface area (Å²) in [6, 6.07) is 4.22. The van der Waals surface area contributed by atoms with Gasteiger partial charge in [-0.2, -0.15) is 0 Å². The van der Waals surface area contributed by atoms with Gasteiger partial charge in [-0.1, -0.05) is 11.6 Å². The van der Waals surface area contributed by atoms with E-state index in [1.54, 1.807) is 0 Å². The molecule has 0 aliphatic heterocycles. The van der Waals surface area contributed by atoms with Crippen molar-refractivity contribution in [2.24, 2.45) is 0 Å². The topological polar surface area (TPSA) is 75.4 Å². The molecule has 76 valence electrons. The van der Waals surface area contributed by atoms with Crippen molar-refractivity contribution in [1.82, 2.24) is 0 Å². The molecule has 2 N–H and O–H groups in total. The number of aliphatic hydroxyl groups is 1. The van der Waals surface area contributed by atoms with Crippen molar-refractivity contribution in [1.29, 1.82) is 0 Å². The van der Waals surface area contributed by atoms with E-state index in [0.29, 0.717) is 10.7 Å². The van der Waals surface area contributed by atoms with Crippen LogP contribution in [0.3, 0.4) is 0 Å². The number of nitro groups is 1. The van der Waals surface area contributed by atoms with E-state index in [-0.39, 0.29) is 18.8 Å². The summed E-state index contributed by atoms with van der Waals surface area (Å²) in [6.07, 6.45) is 0. The van der Waals surface area contributed by atoms with E-state index in [1.165, 1.54) is 18.2 Å². The fourth-order valence-electron chi connectivity index (χ4n) is 1.000. The predicted octanol–water partition coefficient (Wildman–Crippen LogP) is 1.65. The van der Waals surface area contributed by atoms with Crippen LogP contribution in [0.2, 0.25) is 5.02 Å². The number of anilines is 1. The van der Waals surface area contributed by atoms with E-state index in [4.69, 9.17) is 16.7 Å². The third kappa shape index (κ3) is 2.58. The van der Waals surface area contributed by atoms with Crippen LogP contribution in [0.1, 0.15) is 0 Å². The van der Waals surface area contributed by atoms with Crippen molar-refractivity contribution < 1.29 is 10.0 Å². The predicted molar refractivity (Wildman–Crippen MR) is 53.7 cm³/mol. The van der Waals surface area contributed by atoms with Gasteiger partial charge in [0.05, 0.1) is 11.5 Å². The minimum absolute atomic E-state index is 0.0529. The number of halogens is 1. The van der Waals surface area contributed by atoms with Gasteiger partial charge in [0.25, 0.3) is 5.69 Å². The van der Waals surface area contributed by atoms with Crippen LogP contribution in [0.25, 0.3) is 0 Å². The lowest BCUT2D eigenvalue weighted by Crippen LogP contribution is -2.07. The standard InChI is InChI=1S/C8H9ClN2O3/c9-6-1-2-8(11(13)14)7(5-6)10-3-4-12/h1-2,5,10,12H,3-4H2. The van der Waals surface area contributed by atoms with E-state index in [2.05, 4.69) is 5.32 Å². The molecule has 0 saturated carbocycles. The fourth-order valence-corrected chi connectivity index (χ4v) is 1.17. The Morgan fingerprint density at radius 2 is 2.29 bits per heavy atom. The number of benzene rings is 1. The van der Waals surface area contributed by atoms with Crippen LogP contribution >= 0.6 is 11.6 Å². The maximum Gasteiger partial charge on any atom is 0.292 e. The Kier molecular flexibility index (Phi) is 3.67. The number of hydrogen-bond acceptors (Lipinski definition) is 4. The second-order valence-corrected chi connectivity index (χ2v) is 3.01. The Morgan fingerprint density at radius 1 is 1.57 bits per heavy atom. The first-order chi connectivity index (χ1) is 6.65. The molecule has 0 aromatic heterocycles. The van der Waals surface area contributed by atoms with Crippen molar-refractivity contribution in [2.75, 3.05) is 18.5 Å². The Balaban J connectivity index is 2.97. The first-order valence-corrected chi connectivity index (χ1v) is 4.31. The van der Waals surface area contributed by atoms with Gasteiger partial charge in [0.15, 0.2) is 0 Å². The summed E-state index contributed by atoms with van der Waals surface area (Å²) in [5, 5.41) is 22.2. The highest BCUT2D eigenvalue weighted by atomic mass is 35.5. The third-order valence-electron chi connectivity index (χ3n) is 1.58. The molecule has 0 radical (unpaired) electrons. The normalized spacial score (nSPS) is 9.86. The van der Waals surface area contributed by atoms with E-state index >= 15 is 0 Å². The molecule has 0 aliphatic rings. The Bertz CT molecular complexity index is 343. The average molecular weight is 217 g/mol. The van der Waals surface area contributed by atoms with Crippen LogP contribution in [0, 0.1) is 10.1 Å². The summed E-state index contributed by atoms with van der Waals surface area (Å²) in [7, 11) is 0. The average Bonchev–Trinajstić information content (AvgIpc) is 2.14. The van der Waals surface area contributed by atoms with Crippen molar-refractivity contribution >= 4 is 23.0 Å². The summed E-state index contributed by atoms with van der Waals surface area (Å²) in [4.78, 5) is 10.1. The van der Waals surface area contributed by atoms with E-state index in [0.717, 1.165) is 0 Å². The molecule has 0 atom stereocenters. The molecule has 1 aromatic rings. The van der Waals surface area contributed by atoms with Crippen LogP contribution in [0.15, 0.2) is 18.2 Å². The summed E-state index contributed by atoms with van der Waals surface area (Å²) < 4.78 is 0. The van der Waals surface area contributed by atoms with E-state index in [9.17, 15) is 10.1 Å². The van der Waals surface area contributed by atoms with Gasteiger partial charge in [-0.15, -0.1) is 0 Å². The molecule has 5 nitrogen and oxygen atoms in total. The lowest BCUT2D eigenvalue weighted by atomic mass is 10.2. The van der Waals surface area contributed by atoms with Gasteiger partial charge in [0, 0.05) is 17.6 Å². The molecule has 0 heterocycles. The summed E-state index contributed by atoms with van der Waals surface area (Å²) in [6.45, 7) is 0.158. The number of aliphatic hydroxyl groups excluding tert-OH is 1. The summed E-state index contributed by atoms with van der Waals surface area (Å²) in [5.74, 6) is 0. The third-order valence-corrected chi connectivity index (χ3v) is 1.82. The number of nitrogens with zero attached hydrogens (tertiary/aromatic N) is 1. The SMILES string of the molecule is O=[N+]([O-])c1ccc(Cl)cc1NCCO. The van der Waals surface area contributed by atoms with E-state index in [1.807, 2.05) is 0 Å². The highest BCUT2D eigenvalue weighted by Gasteiger charge is 2.12. The van der Waals surface area contributed by atoms with Gasteiger partial charge in [-0.25, -0.2) is 0 Å². The van der Waals surface area contributed by atoms with Crippen LogP contribution in [0.5, 0.6) is 0 Å². The number of hydrogen-bond donors (Lipinski definition) is 2. The highest BCUT2D eigenvalue weighted by Crippen LogP contribution is 2.27. The minimum Gasteiger partial charge on any atom is -0.395 e. The van der Waals surface area contributed by atoms with Gasteiger partial charge in [-0.05, 0) is 12.1 Å². The van der Waals surface area contributed by atoms with Gasteiger partial charge in [-0.3, -0.25) is 10.1 Å². The molecule has 0 spiro atoms. The molecule has 1 aromatic carbocycles. The van der Waals surface area contributed by atoms with Crippen molar-refractivity contribution in [3.05, 3.63) is 33.3 Å². The zero-order valence-corrected chi connectivity index (χ0v) is 7.99. The molecular weight excluding hydrogens is 208 g/mol. The molecule has 0 amide bonds. The highest BCUT2D eigenvalue weighted by molar-refractivity contribution is 6.31. The molecule has 0 aliphatic carbocycles. The zero-order chi connectivity index (χ0) is 10.6. The maximum absolute atomic E-state index is 10.6. The second-order valence-electron chi connectivity index (χ2n) is 2.57. The molecule has 14 heavy (non-hydrogen) atoms. The Labute approximate surface area is 85.5 Å². The molecule has 0 unspecified atom stereocenters. The van der Waals surface area contributed by atoms with Crippen LogP contribution < -0.4 is 5.32 Å². The van der Waals surface area contributed by atoms with Crippen LogP contribution in [0.4, 0.5) is 11.4 Å². The minimum atomic E-state index is -0.504. The smallest absolute Gasteiger partial charge is 0.292 e. The second kappa shape index (κ2) is 4.78. The lowest BCUT2D eigenvalue weighted by molar-refractivity contribution is -0.384. The van der Waals surface area contributed by atoms with Gasteiger partial charge < -0.3 is 10.4 Å². The molecular formula is C8H9ClN2O3. The Hall–Kier alpha value is -1.33. The zero-order valence-electron chi connectivity index (χ0n) is 7.24. The quantitative estimate of drug-likeness (QED) is 0.593. The van der Waals surface area contributed by atoms with Gasteiger partial charge in [0.2, 0.25) is 0 Å². The fraction of sp³-hybridized carbons (Fsp3) is 0.250. The first-order valence-electron chi connectivity index (χ1n) is 3.94. The first kappa shape index (κ1) is 10.7. The monoisotopic (exact) mass is 216 g/mol. The molecule has 0 fully saturated rings. The maximum atomic E-state index is 10.6. The van der Waals surface area contributed by atoms with Gasteiger partial charge in [0.1, 0.15) is 5.69 Å². The van der Waals surface area contributed by atoms with Crippen molar-refractivity contribution in [2.45, 2.75) is 0 Å². The van der Waals surface area contributed by atoms with E-state index < -0.39 is 4.92 Å². The molecule has 0 saturated heterocycles. The number of nitrogens with one attached hydrogen (secondary N) is 1. The number of rotatable bonds is 4. The van der Waals surface area contributed by atoms with Gasteiger partial charge >= 0.3 is 0 Å². The number of nitro benzene ring substituents is 1.